The highest BCUT2D eigenvalue weighted by Gasteiger charge is 2.15. The first-order valence-corrected chi connectivity index (χ1v) is 10.9. The zero-order valence-electron chi connectivity index (χ0n) is 18.4. The van der Waals surface area contributed by atoms with Crippen molar-refractivity contribution < 1.29 is 23.5 Å². The highest BCUT2D eigenvalue weighted by molar-refractivity contribution is 5.91. The summed E-state index contributed by atoms with van der Waals surface area (Å²) < 4.78 is 23.6. The van der Waals surface area contributed by atoms with E-state index in [1.165, 1.54) is 12.1 Å². The highest BCUT2D eigenvalue weighted by atomic mass is 19.1. The van der Waals surface area contributed by atoms with Crippen molar-refractivity contribution in [2.75, 3.05) is 56.2 Å². The number of morpholine rings is 1. The number of ether oxygens (including phenoxy) is 2. The Morgan fingerprint density at radius 2 is 1.78 bits per heavy atom. The summed E-state index contributed by atoms with van der Waals surface area (Å²) in [6.07, 6.45) is 0.214. The van der Waals surface area contributed by atoms with Crippen LogP contribution in [0.25, 0.3) is 0 Å². The van der Waals surface area contributed by atoms with Gasteiger partial charge in [0.2, 0.25) is 5.91 Å². The summed E-state index contributed by atoms with van der Waals surface area (Å²) >= 11 is 0. The average Bonchev–Trinajstić information content (AvgIpc) is 2.80. The van der Waals surface area contributed by atoms with Gasteiger partial charge in [-0.05, 0) is 48.9 Å². The number of anilines is 2. The highest BCUT2D eigenvalue weighted by Crippen LogP contribution is 2.19. The molecule has 1 saturated heterocycles. The van der Waals surface area contributed by atoms with Gasteiger partial charge in [-0.3, -0.25) is 14.5 Å². The fraction of sp³-hybridized carbons (Fsp3) is 0.417. The third kappa shape index (κ3) is 7.62. The van der Waals surface area contributed by atoms with E-state index in [9.17, 15) is 14.0 Å². The van der Waals surface area contributed by atoms with E-state index >= 15 is 0 Å². The fourth-order valence-corrected chi connectivity index (χ4v) is 3.51. The van der Waals surface area contributed by atoms with Crippen LogP contribution in [0, 0.1) is 5.82 Å². The number of halogens is 1. The van der Waals surface area contributed by atoms with Crippen LogP contribution >= 0.6 is 0 Å². The van der Waals surface area contributed by atoms with Crippen molar-refractivity contribution >= 4 is 23.3 Å². The van der Waals surface area contributed by atoms with E-state index in [0.29, 0.717) is 19.7 Å². The van der Waals surface area contributed by atoms with Gasteiger partial charge in [0.25, 0.3) is 0 Å². The number of carbonyl (C=O) groups is 2. The smallest absolute Gasteiger partial charge is 0.320 e. The van der Waals surface area contributed by atoms with Crippen molar-refractivity contribution in [2.24, 2.45) is 0 Å². The standard InChI is InChI=1S/C24H30FN3O4/c1-2-32-24(30)18-27(17-19-3-5-20(25)6-4-19)12-11-23(29)26-21-7-9-22(10-8-21)28-13-15-31-16-14-28/h3-10H,2,11-18H2,1H3,(H,26,29). The number of esters is 1. The Morgan fingerprint density at radius 1 is 1.09 bits per heavy atom. The molecule has 0 radical (unpaired) electrons. The van der Waals surface area contributed by atoms with Crippen LogP contribution < -0.4 is 10.2 Å². The molecule has 0 aliphatic carbocycles. The second-order valence-corrected chi connectivity index (χ2v) is 7.59. The summed E-state index contributed by atoms with van der Waals surface area (Å²) in [5.74, 6) is -0.810. The molecule has 0 saturated carbocycles. The van der Waals surface area contributed by atoms with Gasteiger partial charge in [-0.25, -0.2) is 4.39 Å². The van der Waals surface area contributed by atoms with Gasteiger partial charge >= 0.3 is 5.97 Å². The maximum atomic E-state index is 13.2. The number of carbonyl (C=O) groups excluding carboxylic acids is 2. The first-order valence-electron chi connectivity index (χ1n) is 10.9. The van der Waals surface area contributed by atoms with Crippen molar-refractivity contribution in [1.82, 2.24) is 4.90 Å². The van der Waals surface area contributed by atoms with Gasteiger partial charge in [-0.1, -0.05) is 12.1 Å². The topological polar surface area (TPSA) is 71.1 Å². The Morgan fingerprint density at radius 3 is 2.44 bits per heavy atom. The normalized spacial score (nSPS) is 13.8. The molecule has 1 N–H and O–H groups in total. The van der Waals surface area contributed by atoms with Crippen molar-refractivity contribution in [3.8, 4) is 0 Å². The Hall–Kier alpha value is -2.97. The predicted molar refractivity (Wildman–Crippen MR) is 121 cm³/mol. The molecule has 1 heterocycles. The minimum Gasteiger partial charge on any atom is -0.465 e. The molecular weight excluding hydrogens is 413 g/mol. The van der Waals surface area contributed by atoms with Crippen molar-refractivity contribution in [3.63, 3.8) is 0 Å². The number of nitrogens with zero attached hydrogens (tertiary/aromatic N) is 2. The van der Waals surface area contributed by atoms with Crippen LogP contribution in [0.15, 0.2) is 48.5 Å². The van der Waals surface area contributed by atoms with Crippen molar-refractivity contribution in [1.29, 1.82) is 0 Å². The molecule has 3 rings (SSSR count). The first kappa shape index (κ1) is 23.7. The van der Waals surface area contributed by atoms with Gasteiger partial charge in [-0.15, -0.1) is 0 Å². The summed E-state index contributed by atoms with van der Waals surface area (Å²) in [5.41, 5.74) is 2.68. The molecule has 7 nitrogen and oxygen atoms in total. The molecule has 0 aromatic heterocycles. The minimum atomic E-state index is -0.353. The largest absolute Gasteiger partial charge is 0.465 e. The van der Waals surface area contributed by atoms with Gasteiger partial charge < -0.3 is 19.7 Å². The molecule has 0 bridgehead atoms. The third-order valence-electron chi connectivity index (χ3n) is 5.16. The maximum Gasteiger partial charge on any atom is 0.320 e. The van der Waals surface area contributed by atoms with Crippen LogP contribution in [0.4, 0.5) is 15.8 Å². The molecule has 0 unspecified atom stereocenters. The summed E-state index contributed by atoms with van der Waals surface area (Å²) in [4.78, 5) is 28.5. The molecule has 8 heteroatoms. The maximum absolute atomic E-state index is 13.2. The fourth-order valence-electron chi connectivity index (χ4n) is 3.51. The molecular formula is C24H30FN3O4. The average molecular weight is 444 g/mol. The Bertz CT molecular complexity index is 868. The Balaban J connectivity index is 1.52. The number of nitrogens with one attached hydrogen (secondary N) is 1. The first-order chi connectivity index (χ1) is 15.5. The zero-order chi connectivity index (χ0) is 22.8. The van der Waals surface area contributed by atoms with E-state index in [2.05, 4.69) is 10.2 Å². The van der Waals surface area contributed by atoms with Crippen molar-refractivity contribution in [2.45, 2.75) is 19.9 Å². The molecule has 2 aromatic rings. The Labute approximate surface area is 188 Å². The predicted octanol–water partition coefficient (Wildman–Crippen LogP) is 3.06. The lowest BCUT2D eigenvalue weighted by molar-refractivity contribution is -0.144. The van der Waals surface area contributed by atoms with Crippen LogP contribution in [0.1, 0.15) is 18.9 Å². The van der Waals surface area contributed by atoms with E-state index in [4.69, 9.17) is 9.47 Å². The van der Waals surface area contributed by atoms with Crippen LogP contribution in [-0.2, 0) is 25.6 Å². The van der Waals surface area contributed by atoms with Gasteiger partial charge in [-0.2, -0.15) is 0 Å². The van der Waals surface area contributed by atoms with E-state index in [1.54, 1.807) is 19.1 Å². The molecule has 172 valence electrons. The third-order valence-corrected chi connectivity index (χ3v) is 5.16. The molecule has 1 aliphatic heterocycles. The number of hydrogen-bond donors (Lipinski definition) is 1. The van der Waals surface area contributed by atoms with Crippen LogP contribution in [0.2, 0.25) is 0 Å². The van der Waals surface area contributed by atoms with Gasteiger partial charge in [0.05, 0.1) is 26.4 Å². The van der Waals surface area contributed by atoms with E-state index < -0.39 is 0 Å². The number of hydrogen-bond acceptors (Lipinski definition) is 6. The summed E-state index contributed by atoms with van der Waals surface area (Å²) in [5, 5.41) is 2.90. The molecule has 32 heavy (non-hydrogen) atoms. The van der Waals surface area contributed by atoms with Gasteiger partial charge in [0.1, 0.15) is 5.82 Å². The molecule has 0 atom stereocenters. The van der Waals surface area contributed by atoms with Crippen molar-refractivity contribution in [3.05, 3.63) is 59.9 Å². The Kier molecular flexibility index (Phi) is 9.01. The summed E-state index contributed by atoms with van der Waals surface area (Å²) in [6, 6.07) is 13.9. The summed E-state index contributed by atoms with van der Waals surface area (Å²) in [7, 11) is 0. The SMILES string of the molecule is CCOC(=O)CN(CCC(=O)Nc1ccc(N2CCOCC2)cc1)Cc1ccc(F)cc1. The molecule has 2 aromatic carbocycles. The second-order valence-electron chi connectivity index (χ2n) is 7.59. The lowest BCUT2D eigenvalue weighted by Gasteiger charge is -2.28. The van der Waals surface area contributed by atoms with E-state index in [1.807, 2.05) is 29.2 Å². The van der Waals surface area contributed by atoms with Gasteiger partial charge in [0.15, 0.2) is 0 Å². The van der Waals surface area contributed by atoms with E-state index in [0.717, 1.165) is 43.2 Å². The minimum absolute atomic E-state index is 0.0622. The number of amides is 1. The second kappa shape index (κ2) is 12.2. The number of benzene rings is 2. The lowest BCUT2D eigenvalue weighted by atomic mass is 10.2. The van der Waals surface area contributed by atoms with Gasteiger partial charge in [0, 0.05) is 44.0 Å². The molecule has 0 spiro atoms. The molecule has 1 fully saturated rings. The van der Waals surface area contributed by atoms with Crippen LogP contribution in [0.5, 0.6) is 0 Å². The van der Waals surface area contributed by atoms with Crippen LogP contribution in [0.3, 0.4) is 0 Å². The molecule has 1 amide bonds. The molecule has 1 aliphatic rings. The van der Waals surface area contributed by atoms with Crippen LogP contribution in [-0.4, -0.2) is 62.8 Å². The van der Waals surface area contributed by atoms with E-state index in [-0.39, 0.29) is 30.7 Å². The number of rotatable bonds is 10. The zero-order valence-corrected chi connectivity index (χ0v) is 18.4. The quantitative estimate of drug-likeness (QED) is 0.569. The monoisotopic (exact) mass is 443 g/mol. The summed E-state index contributed by atoms with van der Waals surface area (Å²) in [6.45, 7) is 6.05. The lowest BCUT2D eigenvalue weighted by Crippen LogP contribution is -2.36.